The Labute approximate surface area is 178 Å². The average molecular weight is 429 g/mol. The van der Waals surface area contributed by atoms with E-state index in [0.29, 0.717) is 4.90 Å². The summed E-state index contributed by atoms with van der Waals surface area (Å²) in [7, 11) is 0.851. The van der Waals surface area contributed by atoms with Gasteiger partial charge in [-0.15, -0.1) is 11.8 Å². The van der Waals surface area contributed by atoms with Crippen molar-refractivity contribution in [2.24, 2.45) is 0 Å². The minimum atomic E-state index is -3.23. The van der Waals surface area contributed by atoms with Gasteiger partial charge >= 0.3 is 0 Å². The lowest BCUT2D eigenvalue weighted by atomic mass is 9.79. The van der Waals surface area contributed by atoms with Gasteiger partial charge < -0.3 is 9.80 Å². The fourth-order valence-electron chi connectivity index (χ4n) is 4.47. The van der Waals surface area contributed by atoms with Crippen LogP contribution in [0.4, 0.5) is 11.4 Å². The molecule has 1 saturated heterocycles. The van der Waals surface area contributed by atoms with Crippen molar-refractivity contribution in [3.8, 4) is 0 Å². The van der Waals surface area contributed by atoms with E-state index in [2.05, 4.69) is 60.1 Å². The second kappa shape index (κ2) is 6.81. The minimum absolute atomic E-state index is 0.217. The molecule has 0 amide bonds. The lowest BCUT2D eigenvalue weighted by Crippen LogP contribution is -2.48. The lowest BCUT2D eigenvalue weighted by Gasteiger charge is -2.40. The number of hydrogen-bond donors (Lipinski definition) is 0. The van der Waals surface area contributed by atoms with E-state index in [1.165, 1.54) is 17.5 Å². The van der Waals surface area contributed by atoms with Gasteiger partial charge in [0.05, 0.1) is 4.90 Å². The van der Waals surface area contributed by atoms with Gasteiger partial charge in [0.25, 0.3) is 0 Å². The largest absolute Gasteiger partial charge is 0.378 e. The number of thioether (sulfide) groups is 1. The van der Waals surface area contributed by atoms with Crippen LogP contribution in [0.25, 0.3) is 6.08 Å². The van der Waals surface area contributed by atoms with Gasteiger partial charge in [0.2, 0.25) is 0 Å². The first-order chi connectivity index (χ1) is 13.6. The van der Waals surface area contributed by atoms with Crippen molar-refractivity contribution in [2.45, 2.75) is 29.0 Å². The first-order valence-electron chi connectivity index (χ1n) is 9.79. The number of rotatable bonds is 4. The molecular weight excluding hydrogens is 400 g/mol. The molecule has 0 aliphatic carbocycles. The molecule has 2 heterocycles. The van der Waals surface area contributed by atoms with Gasteiger partial charge in [0, 0.05) is 49.4 Å². The summed E-state index contributed by atoms with van der Waals surface area (Å²) in [5.74, 6) is 1.06. The molecule has 6 heteroatoms. The second-order valence-corrected chi connectivity index (χ2v) is 11.9. The Hall–Kier alpha value is -1.92. The number of benzene rings is 2. The maximum atomic E-state index is 12.1. The zero-order chi connectivity index (χ0) is 21.0. The molecule has 2 aromatic carbocycles. The first kappa shape index (κ1) is 20.4. The highest BCUT2D eigenvalue weighted by molar-refractivity contribution is 8.01. The van der Waals surface area contributed by atoms with E-state index in [0.717, 1.165) is 23.5 Å². The van der Waals surface area contributed by atoms with E-state index < -0.39 is 9.84 Å². The molecule has 2 aliphatic rings. The predicted molar refractivity (Wildman–Crippen MR) is 125 cm³/mol. The Bertz CT molecular complexity index is 1070. The summed E-state index contributed by atoms with van der Waals surface area (Å²) >= 11 is 1.95. The van der Waals surface area contributed by atoms with Crippen LogP contribution in [-0.2, 0) is 15.3 Å². The van der Waals surface area contributed by atoms with Gasteiger partial charge in [-0.2, -0.15) is 0 Å². The number of fused-ring (bicyclic) bond motifs is 3. The number of anilines is 2. The summed E-state index contributed by atoms with van der Waals surface area (Å²) in [5, 5.41) is 0. The van der Waals surface area contributed by atoms with Crippen molar-refractivity contribution in [1.82, 2.24) is 0 Å². The fourth-order valence-corrected chi connectivity index (χ4v) is 6.68. The van der Waals surface area contributed by atoms with Crippen LogP contribution < -0.4 is 9.80 Å². The van der Waals surface area contributed by atoms with Gasteiger partial charge in [-0.25, -0.2) is 8.42 Å². The van der Waals surface area contributed by atoms with Crippen LogP contribution in [0.1, 0.15) is 25.0 Å². The molecule has 0 aromatic heterocycles. The highest BCUT2D eigenvalue weighted by Crippen LogP contribution is 2.60. The first-order valence-corrected chi connectivity index (χ1v) is 12.7. The molecule has 1 atom stereocenters. The van der Waals surface area contributed by atoms with E-state index in [4.69, 9.17) is 0 Å². The molecule has 4 rings (SSSR count). The number of sulfone groups is 1. The Morgan fingerprint density at radius 1 is 1.10 bits per heavy atom. The molecular formula is C23H28N2O2S2. The molecule has 1 fully saturated rings. The zero-order valence-electron chi connectivity index (χ0n) is 17.6. The summed E-state index contributed by atoms with van der Waals surface area (Å²) in [6.45, 7) is 5.43. The molecule has 0 spiro atoms. The van der Waals surface area contributed by atoms with Crippen LogP contribution in [0.15, 0.2) is 53.4 Å². The van der Waals surface area contributed by atoms with E-state index >= 15 is 0 Å². The molecule has 29 heavy (non-hydrogen) atoms. The number of hydrogen-bond acceptors (Lipinski definition) is 5. The van der Waals surface area contributed by atoms with Gasteiger partial charge in [0.1, 0.15) is 4.87 Å². The Morgan fingerprint density at radius 2 is 1.79 bits per heavy atom. The zero-order valence-corrected chi connectivity index (χ0v) is 19.3. The van der Waals surface area contributed by atoms with Crippen LogP contribution in [0, 0.1) is 0 Å². The molecule has 0 radical (unpaired) electrons. The smallest absolute Gasteiger partial charge is 0.175 e. The quantitative estimate of drug-likeness (QED) is 0.721. The Morgan fingerprint density at radius 3 is 2.41 bits per heavy atom. The van der Waals surface area contributed by atoms with E-state index in [-0.39, 0.29) is 10.3 Å². The fraction of sp³-hybridized carbons (Fsp3) is 0.391. The third-order valence-corrected chi connectivity index (χ3v) is 9.01. The SMILES string of the molecule is CN(C)c1ccc(/C=C/C23SCCN2c2ccc(S(C)(=O)=O)cc2C3(C)C)cc1. The van der Waals surface area contributed by atoms with Crippen molar-refractivity contribution >= 4 is 39.0 Å². The lowest BCUT2D eigenvalue weighted by molar-refractivity contribution is 0.453. The van der Waals surface area contributed by atoms with E-state index in [1.807, 2.05) is 38.0 Å². The van der Waals surface area contributed by atoms with Crippen molar-refractivity contribution < 1.29 is 8.42 Å². The third-order valence-electron chi connectivity index (χ3n) is 6.20. The van der Waals surface area contributed by atoms with Crippen molar-refractivity contribution in [2.75, 3.05) is 42.4 Å². The van der Waals surface area contributed by atoms with Gasteiger partial charge in [0.15, 0.2) is 9.84 Å². The predicted octanol–water partition coefficient (Wildman–Crippen LogP) is 4.41. The van der Waals surface area contributed by atoms with Crippen LogP contribution >= 0.6 is 11.8 Å². The van der Waals surface area contributed by atoms with Gasteiger partial charge in [-0.05, 0) is 47.5 Å². The van der Waals surface area contributed by atoms with Crippen molar-refractivity contribution in [3.63, 3.8) is 0 Å². The molecule has 0 bridgehead atoms. The van der Waals surface area contributed by atoms with Crippen LogP contribution in [0.3, 0.4) is 0 Å². The van der Waals surface area contributed by atoms with Crippen molar-refractivity contribution in [1.29, 1.82) is 0 Å². The molecule has 1 unspecified atom stereocenters. The Balaban J connectivity index is 1.76. The average Bonchev–Trinajstić information content (AvgIpc) is 3.17. The highest BCUT2D eigenvalue weighted by atomic mass is 32.2. The summed E-state index contributed by atoms with van der Waals surface area (Å²) in [6.07, 6.45) is 5.80. The third kappa shape index (κ3) is 3.17. The van der Waals surface area contributed by atoms with E-state index in [1.54, 1.807) is 6.07 Å². The van der Waals surface area contributed by atoms with Crippen LogP contribution in [-0.4, -0.2) is 45.9 Å². The molecule has 2 aliphatic heterocycles. The second-order valence-electron chi connectivity index (χ2n) is 8.59. The minimum Gasteiger partial charge on any atom is -0.378 e. The Kier molecular flexibility index (Phi) is 4.78. The highest BCUT2D eigenvalue weighted by Gasteiger charge is 2.58. The normalized spacial score (nSPS) is 22.7. The maximum absolute atomic E-state index is 12.1. The summed E-state index contributed by atoms with van der Waals surface area (Å²) < 4.78 is 24.2. The number of nitrogens with zero attached hydrogens (tertiary/aromatic N) is 2. The molecule has 154 valence electrons. The molecule has 2 aromatic rings. The molecule has 0 N–H and O–H groups in total. The summed E-state index contributed by atoms with van der Waals surface area (Å²) in [6, 6.07) is 14.2. The van der Waals surface area contributed by atoms with Gasteiger partial charge in [-0.3, -0.25) is 0 Å². The summed E-state index contributed by atoms with van der Waals surface area (Å²) in [5.41, 5.74) is 4.39. The van der Waals surface area contributed by atoms with Crippen molar-refractivity contribution in [3.05, 3.63) is 59.7 Å². The van der Waals surface area contributed by atoms with Crippen LogP contribution in [0.5, 0.6) is 0 Å². The molecule has 0 saturated carbocycles. The monoisotopic (exact) mass is 428 g/mol. The van der Waals surface area contributed by atoms with E-state index in [9.17, 15) is 8.42 Å². The van der Waals surface area contributed by atoms with Gasteiger partial charge in [-0.1, -0.05) is 32.1 Å². The van der Waals surface area contributed by atoms with Crippen LogP contribution in [0.2, 0.25) is 0 Å². The molecule has 4 nitrogen and oxygen atoms in total. The standard InChI is InChI=1S/C23H28N2O2S2/c1-22(2)20-16-19(29(5,26)27)10-11-21(20)25-14-15-28-23(22,25)13-12-17-6-8-18(9-7-17)24(3)4/h6-13,16H,14-15H2,1-5H3/b13-12+. The topological polar surface area (TPSA) is 40.6 Å². The maximum Gasteiger partial charge on any atom is 0.175 e. The summed E-state index contributed by atoms with van der Waals surface area (Å²) in [4.78, 5) is 4.72.